The van der Waals surface area contributed by atoms with E-state index >= 15 is 4.39 Å². The van der Waals surface area contributed by atoms with Crippen LogP contribution in [0.25, 0.3) is 22.5 Å². The molecule has 6 heterocycles. The molecule has 6 atom stereocenters. The van der Waals surface area contributed by atoms with Crippen LogP contribution < -0.4 is 15.4 Å². The number of ether oxygens (including phenoxy) is 4. The van der Waals surface area contributed by atoms with Crippen molar-refractivity contribution in [1.82, 2.24) is 40.4 Å². The van der Waals surface area contributed by atoms with Gasteiger partial charge in [-0.1, -0.05) is 41.5 Å². The molecule has 0 radical (unpaired) electrons. The van der Waals surface area contributed by atoms with Crippen LogP contribution in [-0.4, -0.2) is 112 Å². The standard InChI is InChI=1S/C46H56F2N8O8/c1-23(2)37(53-43(59)61-7)41(57)55-21-26(47)15-33(55)39-50-20-32(52-39)27-16-36-29(17-30(27)48)45(5,6)28-14-25(10-11-35(28)64-36)31-19-49-40(51-31)34-18-46(12-9-13-63-46)22-56(34)42(58)38(24(3)4)54-44(60)62-8/h10-11,14,16-17,19-20,23-24,26,33-34,37-38H,9,12-13,15,18,21-22H2,1-8H3,(H,49,51)(H,50,52)(H,53,59)(H,54,60)/t26?,33-,34?,37-,38-,46?/m0/s1. The van der Waals surface area contributed by atoms with E-state index in [9.17, 15) is 23.6 Å². The predicted octanol–water partition coefficient (Wildman–Crippen LogP) is 7.23. The number of aromatic amines is 2. The van der Waals surface area contributed by atoms with Crippen molar-refractivity contribution in [3.05, 3.63) is 71.3 Å². The predicted molar refractivity (Wildman–Crippen MR) is 229 cm³/mol. The number of nitrogens with one attached hydrogen (secondary N) is 4. The highest BCUT2D eigenvalue weighted by Gasteiger charge is 2.51. The van der Waals surface area contributed by atoms with Gasteiger partial charge in [0.05, 0.1) is 62.6 Å². The first kappa shape index (κ1) is 44.6. The monoisotopic (exact) mass is 886 g/mol. The molecule has 0 saturated carbocycles. The van der Waals surface area contributed by atoms with Crippen LogP contribution >= 0.6 is 0 Å². The minimum atomic E-state index is -1.33. The van der Waals surface area contributed by atoms with Crippen LogP contribution in [-0.2, 0) is 29.2 Å². The molecule has 0 aliphatic carbocycles. The Labute approximate surface area is 370 Å². The van der Waals surface area contributed by atoms with E-state index in [1.807, 2.05) is 45.9 Å². The molecule has 4 aliphatic heterocycles. The first-order valence-corrected chi connectivity index (χ1v) is 21.8. The van der Waals surface area contributed by atoms with Crippen molar-refractivity contribution in [2.45, 2.75) is 109 Å². The van der Waals surface area contributed by atoms with Crippen molar-refractivity contribution in [3.63, 3.8) is 0 Å². The zero-order valence-electron chi connectivity index (χ0n) is 37.3. The number of imidazole rings is 2. The Morgan fingerprint density at radius 1 is 0.906 bits per heavy atom. The van der Waals surface area contributed by atoms with Crippen LogP contribution in [0, 0.1) is 17.7 Å². The van der Waals surface area contributed by atoms with E-state index in [4.69, 9.17) is 23.9 Å². The number of likely N-dealkylation sites (tertiary alicyclic amines) is 2. The number of hydrogen-bond donors (Lipinski definition) is 4. The molecule has 4 amide bonds. The Morgan fingerprint density at radius 3 is 2.22 bits per heavy atom. The second kappa shape index (κ2) is 17.2. The van der Waals surface area contributed by atoms with E-state index in [-0.39, 0.29) is 42.1 Å². The van der Waals surface area contributed by atoms with E-state index < -0.39 is 65.3 Å². The number of benzene rings is 2. The maximum atomic E-state index is 16.3. The molecule has 64 heavy (non-hydrogen) atoms. The Kier molecular flexibility index (Phi) is 11.9. The number of carbonyl (C=O) groups is 4. The molecular weight excluding hydrogens is 831 g/mol. The number of carbonyl (C=O) groups excluding carboxylic acids is 4. The number of H-pyrrole nitrogens is 2. The number of hydrogen-bond acceptors (Lipinski definition) is 10. The number of amides is 4. The van der Waals surface area contributed by atoms with E-state index in [0.717, 1.165) is 24.0 Å². The largest absolute Gasteiger partial charge is 0.457 e. The summed E-state index contributed by atoms with van der Waals surface area (Å²) in [5.74, 6) is 0.161. The minimum absolute atomic E-state index is 0.0205. The first-order chi connectivity index (χ1) is 30.4. The van der Waals surface area contributed by atoms with Crippen LogP contribution in [0.4, 0.5) is 18.4 Å². The van der Waals surface area contributed by atoms with Gasteiger partial charge in [0, 0.05) is 53.3 Å². The summed E-state index contributed by atoms with van der Waals surface area (Å²) in [5, 5.41) is 5.27. The lowest BCUT2D eigenvalue weighted by Crippen LogP contribution is -2.51. The minimum Gasteiger partial charge on any atom is -0.457 e. The van der Waals surface area contributed by atoms with E-state index in [0.29, 0.717) is 53.8 Å². The molecule has 3 unspecified atom stereocenters. The Bertz CT molecular complexity index is 2440. The lowest BCUT2D eigenvalue weighted by atomic mass is 9.75. The fraction of sp³-hybridized carbons (Fsp3) is 0.522. The van der Waals surface area contributed by atoms with Gasteiger partial charge in [-0.05, 0) is 55.0 Å². The van der Waals surface area contributed by atoms with Crippen LogP contribution in [0.15, 0.2) is 42.7 Å². The summed E-state index contributed by atoms with van der Waals surface area (Å²) in [7, 11) is 2.47. The SMILES string of the molecule is COC(=O)N[C@H](C(=O)N1CC2(CCCO2)CC1c1nc(-c2ccc3c(c2)C(C)(C)c2cc(F)c(-c4cnc([C@@H]5CC(F)CN5C(=O)[C@@H](NC(=O)OC)C(C)C)[nH]4)cc2O3)c[nH]1)C(C)C. The number of alkyl carbamates (subject to hydrolysis) is 2. The third-order valence-corrected chi connectivity index (χ3v) is 13.2. The molecule has 4 aliphatic rings. The van der Waals surface area contributed by atoms with E-state index in [2.05, 4.69) is 25.6 Å². The molecule has 0 bridgehead atoms. The second-order valence-electron chi connectivity index (χ2n) is 18.5. The van der Waals surface area contributed by atoms with Gasteiger partial charge in [-0.25, -0.2) is 28.3 Å². The number of alkyl halides is 1. The fourth-order valence-electron chi connectivity index (χ4n) is 9.67. The van der Waals surface area contributed by atoms with Crippen LogP contribution in [0.5, 0.6) is 11.5 Å². The molecule has 3 fully saturated rings. The van der Waals surface area contributed by atoms with Crippen LogP contribution in [0.1, 0.15) is 102 Å². The van der Waals surface area contributed by atoms with E-state index in [1.165, 1.54) is 31.4 Å². The maximum absolute atomic E-state index is 16.3. The molecule has 2 aromatic carbocycles. The molecule has 1 spiro atoms. The van der Waals surface area contributed by atoms with Gasteiger partial charge in [-0.3, -0.25) is 9.59 Å². The van der Waals surface area contributed by atoms with Gasteiger partial charge in [0.2, 0.25) is 11.8 Å². The molecule has 4 N–H and O–H groups in total. The second-order valence-corrected chi connectivity index (χ2v) is 18.5. The lowest BCUT2D eigenvalue weighted by molar-refractivity contribution is -0.136. The number of methoxy groups -OCH3 is 2. The van der Waals surface area contributed by atoms with Gasteiger partial charge in [0.25, 0.3) is 0 Å². The Balaban J connectivity index is 1.04. The average Bonchev–Trinajstić information content (AvgIpc) is 4.13. The summed E-state index contributed by atoms with van der Waals surface area (Å²) in [5.41, 5.74) is 2.14. The summed E-state index contributed by atoms with van der Waals surface area (Å²) in [6.45, 7) is 12.1. The first-order valence-electron chi connectivity index (χ1n) is 21.8. The van der Waals surface area contributed by atoms with Gasteiger partial charge < -0.3 is 49.3 Å². The molecule has 8 rings (SSSR count). The lowest BCUT2D eigenvalue weighted by Gasteiger charge is -2.35. The third-order valence-electron chi connectivity index (χ3n) is 13.2. The highest BCUT2D eigenvalue weighted by molar-refractivity contribution is 5.87. The third kappa shape index (κ3) is 8.16. The Morgan fingerprint density at radius 2 is 1.58 bits per heavy atom. The molecule has 2 aromatic heterocycles. The Hall–Kier alpha value is -6.04. The van der Waals surface area contributed by atoms with Gasteiger partial charge >= 0.3 is 12.2 Å². The molecule has 3 saturated heterocycles. The fourth-order valence-corrected chi connectivity index (χ4v) is 9.67. The quantitative estimate of drug-likeness (QED) is 0.126. The van der Waals surface area contributed by atoms with Crippen molar-refractivity contribution in [3.8, 4) is 34.0 Å². The smallest absolute Gasteiger partial charge is 0.407 e. The number of nitrogens with zero attached hydrogens (tertiary/aromatic N) is 4. The van der Waals surface area contributed by atoms with Crippen LogP contribution in [0.3, 0.4) is 0 Å². The normalized spacial score (nSPS) is 23.2. The van der Waals surface area contributed by atoms with Crippen molar-refractivity contribution in [2.24, 2.45) is 11.8 Å². The number of fused-ring (bicyclic) bond motifs is 2. The number of halogens is 2. The van der Waals surface area contributed by atoms with Crippen LogP contribution in [0.2, 0.25) is 0 Å². The molecule has 16 nitrogen and oxygen atoms in total. The van der Waals surface area contributed by atoms with Crippen molar-refractivity contribution >= 4 is 24.0 Å². The van der Waals surface area contributed by atoms with Gasteiger partial charge in [-0.15, -0.1) is 0 Å². The topological polar surface area (TPSA) is 193 Å². The highest BCUT2D eigenvalue weighted by atomic mass is 19.1. The summed E-state index contributed by atoms with van der Waals surface area (Å²) in [6, 6.07) is 5.85. The highest BCUT2D eigenvalue weighted by Crippen LogP contribution is 2.51. The van der Waals surface area contributed by atoms with Gasteiger partial charge in [-0.2, -0.15) is 0 Å². The summed E-state index contributed by atoms with van der Waals surface area (Å²) >= 11 is 0. The molecular formula is C46H56F2N8O8. The summed E-state index contributed by atoms with van der Waals surface area (Å²) in [6.07, 6.45) is 2.71. The maximum Gasteiger partial charge on any atom is 0.407 e. The average molecular weight is 887 g/mol. The van der Waals surface area contributed by atoms with Crippen molar-refractivity contribution < 1.29 is 46.9 Å². The molecule has 4 aromatic rings. The zero-order valence-corrected chi connectivity index (χ0v) is 37.3. The van der Waals surface area contributed by atoms with E-state index in [1.54, 1.807) is 31.0 Å². The van der Waals surface area contributed by atoms with Gasteiger partial charge in [0.15, 0.2) is 0 Å². The van der Waals surface area contributed by atoms with Crippen molar-refractivity contribution in [2.75, 3.05) is 33.9 Å². The number of rotatable bonds is 10. The molecule has 342 valence electrons. The summed E-state index contributed by atoms with van der Waals surface area (Å²) in [4.78, 5) is 71.2. The van der Waals surface area contributed by atoms with Crippen molar-refractivity contribution in [1.29, 1.82) is 0 Å². The molecule has 18 heteroatoms. The zero-order chi connectivity index (χ0) is 45.8. The summed E-state index contributed by atoms with van der Waals surface area (Å²) < 4.78 is 53.5. The van der Waals surface area contributed by atoms with Gasteiger partial charge in [0.1, 0.15) is 47.2 Å². The number of aromatic nitrogens is 4.